The summed E-state index contributed by atoms with van der Waals surface area (Å²) in [5.41, 5.74) is 2.76. The first-order chi connectivity index (χ1) is 19.7. The van der Waals surface area contributed by atoms with Crippen molar-refractivity contribution < 1.29 is 14.3 Å². The number of aromatic nitrogens is 2. The van der Waals surface area contributed by atoms with E-state index in [1.807, 2.05) is 42.9 Å². The molecule has 3 aromatic rings. The number of hydrogen-bond donors (Lipinski definition) is 0. The molecule has 0 bridgehead atoms. The minimum Gasteiger partial charge on any atom is -0.493 e. The number of hydrogen-bond acceptors (Lipinski definition) is 6. The highest BCUT2D eigenvalue weighted by Crippen LogP contribution is 2.40. The van der Waals surface area contributed by atoms with E-state index in [1.54, 1.807) is 36.9 Å². The van der Waals surface area contributed by atoms with Gasteiger partial charge in [0.2, 0.25) is 11.8 Å². The van der Waals surface area contributed by atoms with Gasteiger partial charge in [-0.3, -0.25) is 24.5 Å². The summed E-state index contributed by atoms with van der Waals surface area (Å²) < 4.78 is 6.18. The second-order valence-corrected chi connectivity index (χ2v) is 11.7. The van der Waals surface area contributed by atoms with Crippen molar-refractivity contribution in [2.24, 2.45) is 11.3 Å². The van der Waals surface area contributed by atoms with Crippen LogP contribution in [0, 0.1) is 11.3 Å². The van der Waals surface area contributed by atoms with Crippen molar-refractivity contribution in [1.29, 1.82) is 0 Å². The summed E-state index contributed by atoms with van der Waals surface area (Å²) >= 11 is 0. The van der Waals surface area contributed by atoms with Crippen molar-refractivity contribution in [3.8, 4) is 5.75 Å². The van der Waals surface area contributed by atoms with E-state index in [0.717, 1.165) is 44.6 Å². The van der Waals surface area contributed by atoms with Crippen LogP contribution in [0.2, 0.25) is 0 Å². The maximum Gasteiger partial charge on any atom is 0.242 e. The molecule has 44 heavy (non-hydrogen) atoms. The van der Waals surface area contributed by atoms with Crippen LogP contribution in [0.5, 0.6) is 5.75 Å². The van der Waals surface area contributed by atoms with Gasteiger partial charge in [-0.05, 0) is 80.5 Å². The summed E-state index contributed by atoms with van der Waals surface area (Å²) in [4.78, 5) is 41.0. The van der Waals surface area contributed by atoms with E-state index in [2.05, 4.69) is 46.9 Å². The Labute approximate surface area is 280 Å². The molecule has 0 aliphatic carbocycles. The zero-order valence-corrected chi connectivity index (χ0v) is 28.7. The van der Waals surface area contributed by atoms with Crippen molar-refractivity contribution in [2.75, 3.05) is 43.1 Å². The monoisotopic (exact) mass is 665 g/mol. The summed E-state index contributed by atoms with van der Waals surface area (Å²) in [6.45, 7) is 11.4. The standard InChI is InChI=1S/C33H43N5O3.3ClH/c1-25(2)13-20-38-29-10-9-28(22-30(29)36(5)31(39)33(3,4)32(38)40)41-21-7-18-37(24-27-11-16-34-17-12-27)19-14-26-8-6-15-35-23-26;;;/h6,8-12,15-17,22-23,25H,7,13-14,18-21,24H2,1-5H3;3*1H. The van der Waals surface area contributed by atoms with Gasteiger partial charge in [0, 0.05) is 64.1 Å². The van der Waals surface area contributed by atoms with Crippen LogP contribution in [0.4, 0.5) is 11.4 Å². The third kappa shape index (κ3) is 10.1. The predicted molar refractivity (Wildman–Crippen MR) is 185 cm³/mol. The highest BCUT2D eigenvalue weighted by Gasteiger charge is 2.45. The zero-order valence-electron chi connectivity index (χ0n) is 26.3. The molecule has 242 valence electrons. The number of benzene rings is 1. The van der Waals surface area contributed by atoms with Gasteiger partial charge in [0.05, 0.1) is 18.0 Å². The fourth-order valence-electron chi connectivity index (χ4n) is 5.09. The lowest BCUT2D eigenvalue weighted by Crippen LogP contribution is -2.47. The van der Waals surface area contributed by atoms with Gasteiger partial charge in [-0.25, -0.2) is 0 Å². The Kier molecular flexibility index (Phi) is 16.1. The lowest BCUT2D eigenvalue weighted by Gasteiger charge is -2.28. The molecule has 0 fully saturated rings. The van der Waals surface area contributed by atoms with Crippen molar-refractivity contribution in [2.45, 2.75) is 53.5 Å². The Morgan fingerprint density at radius 1 is 0.886 bits per heavy atom. The van der Waals surface area contributed by atoms with Crippen LogP contribution < -0.4 is 14.5 Å². The van der Waals surface area contributed by atoms with Gasteiger partial charge in [0.15, 0.2) is 0 Å². The van der Waals surface area contributed by atoms with Crippen LogP contribution in [-0.2, 0) is 22.6 Å². The molecule has 0 spiro atoms. The second-order valence-electron chi connectivity index (χ2n) is 11.7. The lowest BCUT2D eigenvalue weighted by molar-refractivity contribution is -0.137. The molecule has 0 atom stereocenters. The number of rotatable bonds is 13. The van der Waals surface area contributed by atoms with Gasteiger partial charge in [0.25, 0.3) is 0 Å². The van der Waals surface area contributed by atoms with Crippen LogP contribution in [0.3, 0.4) is 0 Å². The van der Waals surface area contributed by atoms with E-state index in [1.165, 1.54) is 11.1 Å². The van der Waals surface area contributed by atoms with Gasteiger partial charge in [-0.2, -0.15) is 0 Å². The van der Waals surface area contributed by atoms with E-state index in [4.69, 9.17) is 4.74 Å². The number of halogens is 3. The number of fused-ring (bicyclic) bond motifs is 1. The highest BCUT2D eigenvalue weighted by atomic mass is 35.5. The Balaban J connectivity index is 0.00000323. The maximum absolute atomic E-state index is 13.5. The molecule has 1 aliphatic rings. The number of nitrogens with zero attached hydrogens (tertiary/aromatic N) is 5. The van der Waals surface area contributed by atoms with E-state index < -0.39 is 5.41 Å². The Morgan fingerprint density at radius 3 is 2.27 bits per heavy atom. The molecule has 1 aliphatic heterocycles. The number of carbonyl (C=O) groups excluding carboxylic acids is 2. The molecule has 0 saturated heterocycles. The van der Waals surface area contributed by atoms with Crippen molar-refractivity contribution >= 4 is 60.4 Å². The van der Waals surface area contributed by atoms with Gasteiger partial charge >= 0.3 is 0 Å². The molecular weight excluding hydrogens is 621 g/mol. The molecule has 1 aromatic carbocycles. The van der Waals surface area contributed by atoms with Crippen LogP contribution in [0.1, 0.15) is 51.7 Å². The summed E-state index contributed by atoms with van der Waals surface area (Å²) in [5, 5.41) is 0. The fourth-order valence-corrected chi connectivity index (χ4v) is 5.09. The molecule has 11 heteroatoms. The fraction of sp³-hybridized carbons (Fsp3) is 0.455. The van der Waals surface area contributed by atoms with E-state index in [9.17, 15) is 9.59 Å². The number of pyridine rings is 2. The number of amides is 2. The number of carbonyl (C=O) groups is 2. The summed E-state index contributed by atoms with van der Waals surface area (Å²) in [7, 11) is 1.74. The molecule has 2 amide bonds. The molecule has 8 nitrogen and oxygen atoms in total. The molecule has 0 radical (unpaired) electrons. The Morgan fingerprint density at radius 2 is 1.61 bits per heavy atom. The first-order valence-corrected chi connectivity index (χ1v) is 14.5. The average molecular weight is 667 g/mol. The predicted octanol–water partition coefficient (Wildman–Crippen LogP) is 6.64. The number of ether oxygens (including phenoxy) is 1. The average Bonchev–Trinajstić information content (AvgIpc) is 3.02. The first-order valence-electron chi connectivity index (χ1n) is 14.5. The van der Waals surface area contributed by atoms with Crippen LogP contribution in [0.25, 0.3) is 0 Å². The zero-order chi connectivity index (χ0) is 29.4. The SMILES string of the molecule is CC(C)CCN1C(=O)C(C)(C)C(=O)N(C)c2cc(OCCCN(CCc3cccnc3)Cc3ccncc3)ccc21.Cl.Cl.Cl. The largest absolute Gasteiger partial charge is 0.493 e. The molecule has 0 N–H and O–H groups in total. The first kappa shape index (κ1) is 39.1. The maximum atomic E-state index is 13.5. The molecule has 4 rings (SSSR count). The van der Waals surface area contributed by atoms with E-state index in [-0.39, 0.29) is 49.0 Å². The van der Waals surface area contributed by atoms with Crippen LogP contribution in [-0.4, -0.2) is 60.0 Å². The Hall–Kier alpha value is -2.91. The Bertz CT molecular complexity index is 1310. The summed E-state index contributed by atoms with van der Waals surface area (Å²) in [6.07, 6.45) is 10.0. The van der Waals surface area contributed by atoms with Crippen LogP contribution >= 0.6 is 37.2 Å². The molecular formula is C33H46Cl3N5O3. The topological polar surface area (TPSA) is 78.9 Å². The third-order valence-electron chi connectivity index (χ3n) is 7.63. The summed E-state index contributed by atoms with van der Waals surface area (Å²) in [5.74, 6) is 0.753. The molecule has 0 unspecified atom stereocenters. The minimum atomic E-state index is -1.14. The van der Waals surface area contributed by atoms with E-state index >= 15 is 0 Å². The van der Waals surface area contributed by atoms with Crippen LogP contribution in [0.15, 0.2) is 67.3 Å². The van der Waals surface area contributed by atoms with Crippen molar-refractivity contribution in [1.82, 2.24) is 14.9 Å². The molecule has 0 saturated carbocycles. The molecule has 2 aromatic heterocycles. The second kappa shape index (κ2) is 18.2. The molecule has 3 heterocycles. The third-order valence-corrected chi connectivity index (χ3v) is 7.63. The quantitative estimate of drug-likeness (QED) is 0.150. The van der Waals surface area contributed by atoms with Gasteiger partial charge < -0.3 is 14.5 Å². The lowest BCUT2D eigenvalue weighted by atomic mass is 9.90. The van der Waals surface area contributed by atoms with Gasteiger partial charge in [0.1, 0.15) is 11.2 Å². The minimum absolute atomic E-state index is 0. The van der Waals surface area contributed by atoms with Gasteiger partial charge in [-0.1, -0.05) is 19.9 Å². The van der Waals surface area contributed by atoms with E-state index in [0.29, 0.717) is 30.5 Å². The smallest absolute Gasteiger partial charge is 0.242 e. The normalized spacial score (nSPS) is 13.9. The number of anilines is 2. The van der Waals surface area contributed by atoms with Crippen molar-refractivity contribution in [3.05, 3.63) is 78.4 Å². The van der Waals surface area contributed by atoms with Gasteiger partial charge in [-0.15, -0.1) is 37.2 Å². The highest BCUT2D eigenvalue weighted by molar-refractivity contribution is 6.20. The van der Waals surface area contributed by atoms with Crippen molar-refractivity contribution in [3.63, 3.8) is 0 Å². The summed E-state index contributed by atoms with van der Waals surface area (Å²) in [6, 6.07) is 13.9.